The van der Waals surface area contributed by atoms with Gasteiger partial charge < -0.3 is 20.3 Å². The third-order valence-electron chi connectivity index (χ3n) is 4.93. The van der Waals surface area contributed by atoms with Crippen LogP contribution in [0, 0.1) is 11.8 Å². The molecule has 0 radical (unpaired) electrons. The lowest BCUT2D eigenvalue weighted by Gasteiger charge is -2.21. The minimum atomic E-state index is 0.606. The topological polar surface area (TPSA) is 48.9 Å². The molecule has 3 unspecified atom stereocenters. The third kappa shape index (κ3) is 3.89. The fourth-order valence-electron chi connectivity index (χ4n) is 3.24. The van der Waals surface area contributed by atoms with Gasteiger partial charge in [0, 0.05) is 32.7 Å². The first kappa shape index (κ1) is 16.0. The first-order valence-electron chi connectivity index (χ1n) is 8.56. The van der Waals surface area contributed by atoms with E-state index in [1.807, 2.05) is 19.2 Å². The molecule has 126 valence electrons. The summed E-state index contributed by atoms with van der Waals surface area (Å²) in [7, 11) is 3.58. The molecule has 1 aliphatic carbocycles. The standard InChI is InChI=1S/C18H28N4O/c1-13-10-15(13)21-18(19-2)20-11-14-8-9-22(12-14)16-6-4-5-7-17(16)23-3/h4-7,13-15H,8-12H2,1-3H3,(H2,19,20,21). The molecule has 23 heavy (non-hydrogen) atoms. The molecule has 1 heterocycles. The Labute approximate surface area is 139 Å². The second kappa shape index (κ2) is 7.11. The maximum atomic E-state index is 5.48. The van der Waals surface area contributed by atoms with Gasteiger partial charge in [-0.15, -0.1) is 0 Å². The number of benzene rings is 1. The smallest absolute Gasteiger partial charge is 0.191 e. The summed E-state index contributed by atoms with van der Waals surface area (Å²) in [6.07, 6.45) is 2.45. The fourth-order valence-corrected chi connectivity index (χ4v) is 3.24. The Morgan fingerprint density at radius 2 is 2.17 bits per heavy atom. The molecule has 1 aromatic carbocycles. The van der Waals surface area contributed by atoms with Gasteiger partial charge in [-0.3, -0.25) is 4.99 Å². The molecular weight excluding hydrogens is 288 g/mol. The van der Waals surface area contributed by atoms with Crippen LogP contribution in [0.2, 0.25) is 0 Å². The number of guanidine groups is 1. The molecule has 0 aromatic heterocycles. The van der Waals surface area contributed by atoms with Gasteiger partial charge in [-0.25, -0.2) is 0 Å². The van der Waals surface area contributed by atoms with Gasteiger partial charge in [-0.05, 0) is 36.8 Å². The van der Waals surface area contributed by atoms with E-state index in [1.54, 1.807) is 7.11 Å². The average Bonchev–Trinajstić information content (AvgIpc) is 3.08. The molecule has 5 heteroatoms. The molecule has 3 atom stereocenters. The van der Waals surface area contributed by atoms with Gasteiger partial charge in [0.15, 0.2) is 5.96 Å². The van der Waals surface area contributed by atoms with Crippen molar-refractivity contribution in [2.45, 2.75) is 25.8 Å². The van der Waals surface area contributed by atoms with Gasteiger partial charge in [-0.2, -0.15) is 0 Å². The van der Waals surface area contributed by atoms with Crippen LogP contribution in [0.15, 0.2) is 29.3 Å². The highest BCUT2D eigenvalue weighted by Gasteiger charge is 2.33. The summed E-state index contributed by atoms with van der Waals surface area (Å²) < 4.78 is 5.48. The summed E-state index contributed by atoms with van der Waals surface area (Å²) in [5.74, 6) is 3.31. The van der Waals surface area contributed by atoms with Gasteiger partial charge in [0.1, 0.15) is 5.75 Å². The quantitative estimate of drug-likeness (QED) is 0.645. The van der Waals surface area contributed by atoms with Crippen molar-refractivity contribution in [3.63, 3.8) is 0 Å². The maximum absolute atomic E-state index is 5.48. The SMILES string of the molecule is CN=C(NCC1CCN(c2ccccc2OC)C1)NC1CC1C. The minimum absolute atomic E-state index is 0.606. The van der Waals surface area contributed by atoms with E-state index in [9.17, 15) is 0 Å². The zero-order valence-electron chi connectivity index (χ0n) is 14.4. The Bertz CT molecular complexity index is 560. The Morgan fingerprint density at radius 3 is 2.87 bits per heavy atom. The number of rotatable bonds is 5. The molecule has 2 fully saturated rings. The van der Waals surface area contributed by atoms with E-state index in [4.69, 9.17) is 4.74 Å². The van der Waals surface area contributed by atoms with Gasteiger partial charge in [0.2, 0.25) is 0 Å². The van der Waals surface area contributed by atoms with E-state index in [0.717, 1.165) is 37.3 Å². The van der Waals surface area contributed by atoms with Crippen LogP contribution in [0.25, 0.3) is 0 Å². The van der Waals surface area contributed by atoms with Crippen molar-refractivity contribution in [3.05, 3.63) is 24.3 Å². The van der Waals surface area contributed by atoms with E-state index in [0.29, 0.717) is 12.0 Å². The molecule has 1 saturated heterocycles. The Morgan fingerprint density at radius 1 is 1.39 bits per heavy atom. The van der Waals surface area contributed by atoms with E-state index in [2.05, 4.69) is 39.6 Å². The summed E-state index contributed by atoms with van der Waals surface area (Å²) in [6.45, 7) is 5.38. The Hall–Kier alpha value is -1.91. The number of aliphatic imine (C=N–C) groups is 1. The van der Waals surface area contributed by atoms with Gasteiger partial charge in [-0.1, -0.05) is 19.1 Å². The molecule has 0 amide bonds. The molecule has 5 nitrogen and oxygen atoms in total. The zero-order valence-corrected chi connectivity index (χ0v) is 14.4. The molecule has 2 aliphatic rings. The van der Waals surface area contributed by atoms with Gasteiger partial charge >= 0.3 is 0 Å². The number of hydrogen-bond acceptors (Lipinski definition) is 3. The largest absolute Gasteiger partial charge is 0.495 e. The van der Waals surface area contributed by atoms with Crippen LogP contribution in [-0.4, -0.2) is 45.8 Å². The van der Waals surface area contributed by atoms with Crippen molar-refractivity contribution in [1.82, 2.24) is 10.6 Å². The van der Waals surface area contributed by atoms with Crippen LogP contribution in [0.4, 0.5) is 5.69 Å². The molecular formula is C18H28N4O. The number of para-hydroxylation sites is 2. The Balaban J connectivity index is 1.49. The molecule has 0 bridgehead atoms. The fraction of sp³-hybridized carbons (Fsp3) is 0.611. The second-order valence-electron chi connectivity index (χ2n) is 6.69. The van der Waals surface area contributed by atoms with Crippen LogP contribution in [0.5, 0.6) is 5.75 Å². The normalized spacial score (nSPS) is 27.0. The van der Waals surface area contributed by atoms with Crippen LogP contribution >= 0.6 is 0 Å². The highest BCUT2D eigenvalue weighted by molar-refractivity contribution is 5.80. The number of nitrogens with zero attached hydrogens (tertiary/aromatic N) is 2. The van der Waals surface area contributed by atoms with Crippen molar-refractivity contribution in [3.8, 4) is 5.75 Å². The van der Waals surface area contributed by atoms with Crippen molar-refractivity contribution in [2.75, 3.05) is 38.7 Å². The average molecular weight is 316 g/mol. The first-order valence-corrected chi connectivity index (χ1v) is 8.56. The number of anilines is 1. The van der Waals surface area contributed by atoms with Crippen LogP contribution in [0.1, 0.15) is 19.8 Å². The van der Waals surface area contributed by atoms with Crippen molar-refractivity contribution in [1.29, 1.82) is 0 Å². The summed E-state index contributed by atoms with van der Waals surface area (Å²) >= 11 is 0. The lowest BCUT2D eigenvalue weighted by atomic mass is 10.1. The van der Waals surface area contributed by atoms with Gasteiger partial charge in [0.05, 0.1) is 12.8 Å². The maximum Gasteiger partial charge on any atom is 0.191 e. The minimum Gasteiger partial charge on any atom is -0.495 e. The molecule has 0 spiro atoms. The third-order valence-corrected chi connectivity index (χ3v) is 4.93. The monoisotopic (exact) mass is 316 g/mol. The number of ether oxygens (including phenoxy) is 1. The highest BCUT2D eigenvalue weighted by atomic mass is 16.5. The predicted molar refractivity (Wildman–Crippen MR) is 95.4 cm³/mol. The first-order chi connectivity index (χ1) is 11.2. The van der Waals surface area contributed by atoms with Crippen LogP contribution in [-0.2, 0) is 0 Å². The summed E-state index contributed by atoms with van der Waals surface area (Å²) in [4.78, 5) is 6.75. The summed E-state index contributed by atoms with van der Waals surface area (Å²) in [6, 6.07) is 8.88. The number of hydrogen-bond donors (Lipinski definition) is 2. The van der Waals surface area contributed by atoms with E-state index in [-0.39, 0.29) is 0 Å². The second-order valence-corrected chi connectivity index (χ2v) is 6.69. The highest BCUT2D eigenvalue weighted by Crippen LogP contribution is 2.32. The van der Waals surface area contributed by atoms with Crippen LogP contribution < -0.4 is 20.3 Å². The van der Waals surface area contributed by atoms with E-state index >= 15 is 0 Å². The Kier molecular flexibility index (Phi) is 4.94. The molecule has 2 N–H and O–H groups in total. The zero-order chi connectivity index (χ0) is 16.2. The molecule has 1 aliphatic heterocycles. The van der Waals surface area contributed by atoms with Crippen molar-refractivity contribution < 1.29 is 4.74 Å². The molecule has 3 rings (SSSR count). The number of nitrogens with one attached hydrogen (secondary N) is 2. The van der Waals surface area contributed by atoms with Gasteiger partial charge in [0.25, 0.3) is 0 Å². The summed E-state index contributed by atoms with van der Waals surface area (Å²) in [5.41, 5.74) is 1.20. The predicted octanol–water partition coefficient (Wildman–Crippen LogP) is 2.09. The van der Waals surface area contributed by atoms with E-state index < -0.39 is 0 Å². The lowest BCUT2D eigenvalue weighted by molar-refractivity contribution is 0.414. The summed E-state index contributed by atoms with van der Waals surface area (Å²) in [5, 5.41) is 6.97. The van der Waals surface area contributed by atoms with E-state index in [1.165, 1.54) is 18.5 Å². The number of methoxy groups -OCH3 is 1. The molecule has 1 aromatic rings. The van der Waals surface area contributed by atoms with Crippen molar-refractivity contribution in [2.24, 2.45) is 16.8 Å². The lowest BCUT2D eigenvalue weighted by Crippen LogP contribution is -2.41. The molecule has 1 saturated carbocycles. The van der Waals surface area contributed by atoms with Crippen molar-refractivity contribution >= 4 is 11.6 Å². The van der Waals surface area contributed by atoms with Crippen LogP contribution in [0.3, 0.4) is 0 Å².